The molecule has 37 heavy (non-hydrogen) atoms. The van der Waals surface area contributed by atoms with Crippen molar-refractivity contribution in [3.63, 3.8) is 0 Å². The van der Waals surface area contributed by atoms with Crippen LogP contribution in [0.1, 0.15) is 39.2 Å². The number of amides is 1. The van der Waals surface area contributed by atoms with Crippen LogP contribution in [-0.4, -0.2) is 33.1 Å². The first-order valence-corrected chi connectivity index (χ1v) is 12.1. The Balaban J connectivity index is 1.55. The average molecular weight is 535 g/mol. The maximum atomic E-state index is 13.1. The zero-order chi connectivity index (χ0) is 27.0. The second-order valence-corrected chi connectivity index (χ2v) is 10.0. The van der Waals surface area contributed by atoms with Crippen LogP contribution < -0.4 is 15.7 Å². The van der Waals surface area contributed by atoms with Crippen molar-refractivity contribution < 1.29 is 22.7 Å². The summed E-state index contributed by atoms with van der Waals surface area (Å²) in [7, 11) is 0. The van der Waals surface area contributed by atoms with E-state index in [0.29, 0.717) is 28.4 Å². The van der Waals surface area contributed by atoms with Crippen molar-refractivity contribution in [2.45, 2.75) is 52.4 Å². The van der Waals surface area contributed by atoms with Crippen LogP contribution in [0.3, 0.4) is 0 Å². The lowest BCUT2D eigenvalue weighted by Crippen LogP contribution is -2.46. The summed E-state index contributed by atoms with van der Waals surface area (Å²) in [6.45, 7) is 3.49. The van der Waals surface area contributed by atoms with Crippen molar-refractivity contribution in [3.8, 4) is 28.5 Å². The predicted octanol–water partition coefficient (Wildman–Crippen LogP) is 5.53. The van der Waals surface area contributed by atoms with E-state index in [1.54, 1.807) is 36.4 Å². The Morgan fingerprint density at radius 3 is 2.46 bits per heavy atom. The van der Waals surface area contributed by atoms with E-state index in [1.165, 1.54) is 18.9 Å². The molecule has 2 N–H and O–H groups in total. The van der Waals surface area contributed by atoms with Gasteiger partial charge in [-0.1, -0.05) is 17.7 Å². The zero-order valence-corrected chi connectivity index (χ0v) is 21.2. The third kappa shape index (κ3) is 6.12. The van der Waals surface area contributed by atoms with Crippen LogP contribution in [0.4, 0.5) is 13.2 Å². The second kappa shape index (κ2) is 10.2. The monoisotopic (exact) mass is 534 g/mol. The fourth-order valence-electron chi connectivity index (χ4n) is 3.60. The minimum absolute atomic E-state index is 0.131. The molecule has 0 unspecified atom stereocenters. The van der Waals surface area contributed by atoms with E-state index >= 15 is 0 Å². The van der Waals surface area contributed by atoms with Crippen LogP contribution in [0, 0.1) is 11.3 Å². The van der Waals surface area contributed by atoms with Crippen LogP contribution in [-0.2, 0) is 11.3 Å². The summed E-state index contributed by atoms with van der Waals surface area (Å²) in [6.07, 6.45) is -2.22. The van der Waals surface area contributed by atoms with Gasteiger partial charge in [0.25, 0.3) is 0 Å². The van der Waals surface area contributed by atoms with Gasteiger partial charge in [0.15, 0.2) is 5.82 Å². The fourth-order valence-corrected chi connectivity index (χ4v) is 3.80. The molecular formula is C26H26ClF3N4O3. The fraction of sp³-hybridized carbons (Fsp3) is 0.385. The first-order valence-electron chi connectivity index (χ1n) is 11.7. The number of hydrogen-bond donors (Lipinski definition) is 2. The van der Waals surface area contributed by atoms with E-state index in [0.717, 1.165) is 13.8 Å². The maximum absolute atomic E-state index is 13.1. The van der Waals surface area contributed by atoms with Crippen molar-refractivity contribution in [2.24, 2.45) is 11.3 Å². The summed E-state index contributed by atoms with van der Waals surface area (Å²) < 4.78 is 45.4. The Morgan fingerprint density at radius 2 is 1.84 bits per heavy atom. The lowest BCUT2D eigenvalue weighted by molar-refractivity contribution is -0.211. The Morgan fingerprint density at radius 1 is 1.16 bits per heavy atom. The molecule has 1 aromatic heterocycles. The summed E-state index contributed by atoms with van der Waals surface area (Å²) in [5.41, 5.74) is -1.80. The number of alkyl halides is 3. The van der Waals surface area contributed by atoms with Crippen LogP contribution in [0.25, 0.3) is 22.8 Å². The van der Waals surface area contributed by atoms with Crippen LogP contribution in [0.2, 0.25) is 5.02 Å². The molecule has 1 amide bonds. The molecule has 1 aliphatic carbocycles. The van der Waals surface area contributed by atoms with Gasteiger partial charge in [0.2, 0.25) is 5.91 Å². The molecular weight excluding hydrogens is 509 g/mol. The van der Waals surface area contributed by atoms with E-state index in [-0.39, 0.29) is 29.3 Å². The SMILES string of the molecule is C[C@@H](Oc1ccc(-c2nc(-c3cc(CNC(=O)C(C)(C)C(F)(F)F)ccc3Cl)[nH]c(=O)n2)cc1)C1CC1. The standard InChI is InChI=1S/C26H26ClF3N4O3/c1-14(16-5-6-16)37-18-9-7-17(8-10-18)21-32-22(34-24(36)33-21)19-12-15(4-11-20(19)27)13-31-23(35)25(2,3)26(28,29)30/h4,7-12,14,16H,5-6,13H2,1-3H3,(H,31,35)(H,32,33,34,36)/t14-/m1/s1. The van der Waals surface area contributed by atoms with Gasteiger partial charge in [0.05, 0.1) is 11.1 Å². The number of carbonyl (C=O) groups excluding carboxylic acids is 1. The molecule has 196 valence electrons. The molecule has 11 heteroatoms. The number of aromatic amines is 1. The highest BCUT2D eigenvalue weighted by molar-refractivity contribution is 6.33. The molecule has 0 saturated heterocycles. The van der Waals surface area contributed by atoms with Gasteiger partial charge >= 0.3 is 11.9 Å². The van der Waals surface area contributed by atoms with Gasteiger partial charge in [0.1, 0.15) is 17.0 Å². The Hall–Kier alpha value is -3.40. The highest BCUT2D eigenvalue weighted by Crippen LogP contribution is 2.38. The first kappa shape index (κ1) is 26.7. The van der Waals surface area contributed by atoms with Crippen LogP contribution in [0.5, 0.6) is 5.75 Å². The largest absolute Gasteiger partial charge is 0.490 e. The number of H-pyrrole nitrogens is 1. The number of hydrogen-bond acceptors (Lipinski definition) is 5. The predicted molar refractivity (Wildman–Crippen MR) is 133 cm³/mol. The molecule has 4 rings (SSSR count). The smallest absolute Gasteiger partial charge is 0.402 e. The quantitative estimate of drug-likeness (QED) is 0.396. The second-order valence-electron chi connectivity index (χ2n) is 9.63. The minimum Gasteiger partial charge on any atom is -0.490 e. The van der Waals surface area contributed by atoms with Gasteiger partial charge in [-0.3, -0.25) is 9.78 Å². The number of aromatic nitrogens is 3. The molecule has 1 fully saturated rings. The molecule has 2 aromatic carbocycles. The van der Waals surface area contributed by atoms with Crippen LogP contribution in [0.15, 0.2) is 47.3 Å². The van der Waals surface area contributed by atoms with E-state index in [4.69, 9.17) is 16.3 Å². The number of rotatable bonds is 8. The van der Waals surface area contributed by atoms with Crippen molar-refractivity contribution in [1.29, 1.82) is 0 Å². The highest BCUT2D eigenvalue weighted by Gasteiger charge is 2.52. The molecule has 7 nitrogen and oxygen atoms in total. The van der Waals surface area contributed by atoms with Crippen molar-refractivity contribution in [3.05, 3.63) is 63.5 Å². The van der Waals surface area contributed by atoms with Crippen LogP contribution >= 0.6 is 11.6 Å². The Labute approximate surface area is 216 Å². The highest BCUT2D eigenvalue weighted by atomic mass is 35.5. The molecule has 0 spiro atoms. The lowest BCUT2D eigenvalue weighted by Gasteiger charge is -2.26. The molecule has 0 bridgehead atoms. The summed E-state index contributed by atoms with van der Waals surface area (Å²) in [5.74, 6) is 0.435. The normalized spacial score (nSPS) is 14.8. The number of benzene rings is 2. The third-order valence-electron chi connectivity index (χ3n) is 6.39. The van der Waals surface area contributed by atoms with Gasteiger partial charge in [0, 0.05) is 17.7 Å². The topological polar surface area (TPSA) is 97.0 Å². The van der Waals surface area contributed by atoms with E-state index in [1.807, 2.05) is 6.92 Å². The molecule has 3 aromatic rings. The average Bonchev–Trinajstić information content (AvgIpc) is 3.68. The minimum atomic E-state index is -4.70. The molecule has 0 radical (unpaired) electrons. The maximum Gasteiger partial charge on any atom is 0.402 e. The van der Waals surface area contributed by atoms with Gasteiger partial charge in [-0.2, -0.15) is 18.2 Å². The van der Waals surface area contributed by atoms with Crippen molar-refractivity contribution >= 4 is 17.5 Å². The molecule has 1 atom stereocenters. The number of ether oxygens (including phenoxy) is 1. The van der Waals surface area contributed by atoms with Crippen molar-refractivity contribution in [1.82, 2.24) is 20.3 Å². The van der Waals surface area contributed by atoms with E-state index < -0.39 is 23.2 Å². The lowest BCUT2D eigenvalue weighted by atomic mass is 9.91. The van der Waals surface area contributed by atoms with Gasteiger partial charge < -0.3 is 10.1 Å². The summed E-state index contributed by atoms with van der Waals surface area (Å²) in [6, 6.07) is 11.7. The van der Waals surface area contributed by atoms with E-state index in [2.05, 4.69) is 20.3 Å². The number of nitrogens with zero attached hydrogens (tertiary/aromatic N) is 2. The summed E-state index contributed by atoms with van der Waals surface area (Å²) in [5, 5.41) is 2.56. The zero-order valence-electron chi connectivity index (χ0n) is 20.4. The van der Waals surface area contributed by atoms with Gasteiger partial charge in [-0.25, -0.2) is 9.78 Å². The molecule has 1 aliphatic rings. The third-order valence-corrected chi connectivity index (χ3v) is 6.72. The van der Waals surface area contributed by atoms with E-state index in [9.17, 15) is 22.8 Å². The Bertz CT molecular complexity index is 1350. The first-order chi connectivity index (χ1) is 17.3. The van der Waals surface area contributed by atoms with Gasteiger partial charge in [-0.15, -0.1) is 0 Å². The number of halogens is 4. The Kier molecular flexibility index (Phi) is 7.32. The molecule has 1 saturated carbocycles. The molecule has 1 heterocycles. The van der Waals surface area contributed by atoms with Gasteiger partial charge in [-0.05, 0) is 81.5 Å². The summed E-state index contributed by atoms with van der Waals surface area (Å²) in [4.78, 5) is 35.4. The number of carbonyl (C=O) groups is 1. The van der Waals surface area contributed by atoms with Crippen molar-refractivity contribution in [2.75, 3.05) is 0 Å². The summed E-state index contributed by atoms with van der Waals surface area (Å²) >= 11 is 6.34. The number of nitrogens with one attached hydrogen (secondary N) is 2. The molecule has 0 aliphatic heterocycles.